The predicted octanol–water partition coefficient (Wildman–Crippen LogP) is 8.29. The molecular formula is C24H16BrNS. The lowest BCUT2D eigenvalue weighted by Crippen LogP contribution is -2.09. The first-order valence-corrected chi connectivity index (χ1v) is 10.4. The molecule has 1 nitrogen and oxygen atoms in total. The maximum absolute atomic E-state index is 3.70. The number of hydrogen-bond acceptors (Lipinski definition) is 2. The third-order valence-electron chi connectivity index (χ3n) is 4.72. The van der Waals surface area contributed by atoms with E-state index in [9.17, 15) is 0 Å². The van der Waals surface area contributed by atoms with Crippen molar-refractivity contribution in [2.24, 2.45) is 0 Å². The number of para-hydroxylation sites is 2. The van der Waals surface area contributed by atoms with E-state index in [4.69, 9.17) is 0 Å². The van der Waals surface area contributed by atoms with Crippen LogP contribution in [0.4, 0.5) is 17.1 Å². The lowest BCUT2D eigenvalue weighted by molar-refractivity contribution is 1.29. The van der Waals surface area contributed by atoms with E-state index in [1.807, 2.05) is 11.3 Å². The number of anilines is 3. The molecule has 0 fully saturated rings. The molecule has 4 aromatic carbocycles. The van der Waals surface area contributed by atoms with Crippen LogP contribution in [0.1, 0.15) is 0 Å². The van der Waals surface area contributed by atoms with Gasteiger partial charge in [0.25, 0.3) is 0 Å². The van der Waals surface area contributed by atoms with Gasteiger partial charge in [0.05, 0.1) is 0 Å². The van der Waals surface area contributed by atoms with Gasteiger partial charge in [-0.1, -0.05) is 48.5 Å². The van der Waals surface area contributed by atoms with Crippen LogP contribution < -0.4 is 4.90 Å². The zero-order valence-electron chi connectivity index (χ0n) is 14.5. The Hall–Kier alpha value is -2.62. The third-order valence-corrected chi connectivity index (χ3v) is 6.86. The quantitative estimate of drug-likeness (QED) is 0.278. The van der Waals surface area contributed by atoms with Gasteiger partial charge in [0.2, 0.25) is 0 Å². The molecule has 5 aromatic rings. The van der Waals surface area contributed by atoms with Crippen LogP contribution in [0.5, 0.6) is 0 Å². The molecule has 0 radical (unpaired) electrons. The highest BCUT2D eigenvalue weighted by Crippen LogP contribution is 2.42. The highest BCUT2D eigenvalue weighted by atomic mass is 79.9. The number of halogens is 1. The number of hydrogen-bond donors (Lipinski definition) is 0. The monoisotopic (exact) mass is 429 g/mol. The van der Waals surface area contributed by atoms with Gasteiger partial charge in [-0.3, -0.25) is 0 Å². The van der Waals surface area contributed by atoms with Crippen molar-refractivity contribution in [3.05, 3.63) is 102 Å². The zero-order valence-corrected chi connectivity index (χ0v) is 16.9. The van der Waals surface area contributed by atoms with Crippen LogP contribution >= 0.6 is 27.3 Å². The minimum Gasteiger partial charge on any atom is -0.310 e. The minimum atomic E-state index is 1.16. The molecule has 0 bridgehead atoms. The van der Waals surface area contributed by atoms with Gasteiger partial charge >= 0.3 is 0 Å². The molecule has 0 aliphatic carbocycles. The Morgan fingerprint density at radius 2 is 1.26 bits per heavy atom. The van der Waals surface area contributed by atoms with Crippen molar-refractivity contribution in [3.63, 3.8) is 0 Å². The minimum absolute atomic E-state index is 1.16. The fraction of sp³-hybridized carbons (Fsp3) is 0. The first kappa shape index (κ1) is 16.5. The van der Waals surface area contributed by atoms with E-state index in [1.54, 1.807) is 0 Å². The molecule has 0 spiro atoms. The fourth-order valence-corrected chi connectivity index (χ4v) is 5.19. The Morgan fingerprint density at radius 3 is 1.93 bits per heavy atom. The Kier molecular flexibility index (Phi) is 4.19. The number of fused-ring (bicyclic) bond motifs is 3. The second-order valence-corrected chi connectivity index (χ2v) is 8.31. The topological polar surface area (TPSA) is 3.24 Å². The molecule has 1 heterocycles. The summed E-state index contributed by atoms with van der Waals surface area (Å²) in [6.07, 6.45) is 0. The van der Waals surface area contributed by atoms with Crippen LogP contribution in [0.15, 0.2) is 102 Å². The lowest BCUT2D eigenvalue weighted by Gasteiger charge is -2.25. The molecule has 0 unspecified atom stereocenters. The molecule has 0 N–H and O–H groups in total. The molecule has 0 aliphatic heterocycles. The van der Waals surface area contributed by atoms with E-state index in [0.29, 0.717) is 0 Å². The predicted molar refractivity (Wildman–Crippen MR) is 122 cm³/mol. The summed E-state index contributed by atoms with van der Waals surface area (Å²) in [5, 5.41) is 2.60. The molecule has 0 aliphatic rings. The van der Waals surface area contributed by atoms with E-state index in [0.717, 1.165) is 15.8 Å². The standard InChI is InChI=1S/C24H16BrNS/c25-22-13-7-12-20-21-16-19(14-15-23(21)27-24(20)22)26(17-8-3-1-4-9-17)18-10-5-2-6-11-18/h1-16H. The van der Waals surface area contributed by atoms with E-state index in [2.05, 4.69) is 118 Å². The molecule has 5 rings (SSSR count). The van der Waals surface area contributed by atoms with E-state index in [1.165, 1.54) is 25.9 Å². The van der Waals surface area contributed by atoms with Crippen LogP contribution in [-0.4, -0.2) is 0 Å². The highest BCUT2D eigenvalue weighted by Gasteiger charge is 2.14. The van der Waals surface area contributed by atoms with Crippen molar-refractivity contribution in [2.45, 2.75) is 0 Å². The molecule has 130 valence electrons. The van der Waals surface area contributed by atoms with Gasteiger partial charge in [-0.05, 0) is 64.5 Å². The summed E-state index contributed by atoms with van der Waals surface area (Å²) in [7, 11) is 0. The Labute approximate surface area is 170 Å². The van der Waals surface area contributed by atoms with Crippen LogP contribution in [0.25, 0.3) is 20.2 Å². The second kappa shape index (κ2) is 6.84. The van der Waals surface area contributed by atoms with E-state index in [-0.39, 0.29) is 0 Å². The first-order chi connectivity index (χ1) is 13.3. The Morgan fingerprint density at radius 1 is 0.593 bits per heavy atom. The van der Waals surface area contributed by atoms with Crippen LogP contribution in [0, 0.1) is 0 Å². The Balaban J connectivity index is 1.75. The average Bonchev–Trinajstić information content (AvgIpc) is 3.10. The number of thiophene rings is 1. The maximum atomic E-state index is 3.70. The van der Waals surface area contributed by atoms with Gasteiger partial charge in [-0.15, -0.1) is 11.3 Å². The largest absolute Gasteiger partial charge is 0.310 e. The summed E-state index contributed by atoms with van der Waals surface area (Å²) < 4.78 is 3.77. The summed E-state index contributed by atoms with van der Waals surface area (Å²) in [6, 6.07) is 34.2. The zero-order chi connectivity index (χ0) is 18.2. The molecule has 0 saturated heterocycles. The number of rotatable bonds is 3. The van der Waals surface area contributed by atoms with E-state index < -0.39 is 0 Å². The SMILES string of the molecule is Brc1cccc2c1sc1ccc(N(c3ccccc3)c3ccccc3)cc12. The number of benzene rings is 4. The fourth-order valence-electron chi connectivity index (χ4n) is 3.49. The van der Waals surface area contributed by atoms with Crippen molar-refractivity contribution in [2.75, 3.05) is 4.90 Å². The van der Waals surface area contributed by atoms with Crippen LogP contribution in [-0.2, 0) is 0 Å². The van der Waals surface area contributed by atoms with Crippen molar-refractivity contribution < 1.29 is 0 Å². The molecule has 27 heavy (non-hydrogen) atoms. The average molecular weight is 430 g/mol. The number of nitrogens with zero attached hydrogens (tertiary/aromatic N) is 1. The van der Waals surface area contributed by atoms with Crippen molar-refractivity contribution >= 4 is 64.5 Å². The van der Waals surface area contributed by atoms with Crippen molar-refractivity contribution in [1.29, 1.82) is 0 Å². The summed E-state index contributed by atoms with van der Waals surface area (Å²) in [6.45, 7) is 0. The Bertz CT molecular complexity index is 1190. The molecule has 0 amide bonds. The van der Waals surface area contributed by atoms with Gasteiger partial charge < -0.3 is 4.90 Å². The summed E-state index contributed by atoms with van der Waals surface area (Å²) in [5.74, 6) is 0. The van der Waals surface area contributed by atoms with Crippen LogP contribution in [0.3, 0.4) is 0 Å². The normalized spacial score (nSPS) is 11.1. The van der Waals surface area contributed by atoms with E-state index >= 15 is 0 Å². The summed E-state index contributed by atoms with van der Waals surface area (Å²) in [4.78, 5) is 2.31. The van der Waals surface area contributed by atoms with Gasteiger partial charge in [0.15, 0.2) is 0 Å². The van der Waals surface area contributed by atoms with Crippen molar-refractivity contribution in [3.8, 4) is 0 Å². The smallest absolute Gasteiger partial charge is 0.0497 e. The van der Waals surface area contributed by atoms with Crippen molar-refractivity contribution in [1.82, 2.24) is 0 Å². The molecular weight excluding hydrogens is 414 g/mol. The van der Waals surface area contributed by atoms with Gasteiger partial charge in [0, 0.05) is 41.7 Å². The summed E-state index contributed by atoms with van der Waals surface area (Å²) in [5.41, 5.74) is 3.48. The maximum Gasteiger partial charge on any atom is 0.0497 e. The van der Waals surface area contributed by atoms with Gasteiger partial charge in [-0.2, -0.15) is 0 Å². The second-order valence-electron chi connectivity index (χ2n) is 6.41. The molecule has 3 heteroatoms. The molecule has 0 saturated carbocycles. The van der Waals surface area contributed by atoms with Gasteiger partial charge in [0.1, 0.15) is 0 Å². The first-order valence-electron chi connectivity index (χ1n) is 8.82. The molecule has 0 atom stereocenters. The van der Waals surface area contributed by atoms with Crippen LogP contribution in [0.2, 0.25) is 0 Å². The highest BCUT2D eigenvalue weighted by molar-refractivity contribution is 9.10. The lowest BCUT2D eigenvalue weighted by atomic mass is 10.1. The summed E-state index contributed by atoms with van der Waals surface area (Å²) >= 11 is 5.53. The van der Waals surface area contributed by atoms with Gasteiger partial charge in [-0.25, -0.2) is 0 Å². The molecule has 1 aromatic heterocycles. The third kappa shape index (κ3) is 2.93.